The van der Waals surface area contributed by atoms with Crippen LogP contribution in [-0.2, 0) is 14.3 Å². The normalized spacial score (nSPS) is 12.5. The van der Waals surface area contributed by atoms with Crippen molar-refractivity contribution in [2.75, 3.05) is 26.3 Å². The van der Waals surface area contributed by atoms with Crippen molar-refractivity contribution in [2.24, 2.45) is 11.7 Å². The van der Waals surface area contributed by atoms with E-state index in [1.54, 1.807) is 6.92 Å². The van der Waals surface area contributed by atoms with Gasteiger partial charge in [0.15, 0.2) is 0 Å². The lowest BCUT2D eigenvalue weighted by Crippen LogP contribution is -2.44. The zero-order chi connectivity index (χ0) is 13.3. The Kier molecular flexibility index (Phi) is 8.35. The van der Waals surface area contributed by atoms with E-state index in [9.17, 15) is 9.59 Å². The molecule has 0 heterocycles. The Morgan fingerprint density at radius 3 is 2.47 bits per heavy atom. The van der Waals surface area contributed by atoms with E-state index in [-0.39, 0.29) is 18.6 Å². The van der Waals surface area contributed by atoms with Crippen LogP contribution in [0.3, 0.4) is 0 Å². The number of carbonyl (C=O) groups is 2. The molecule has 17 heavy (non-hydrogen) atoms. The molecule has 0 spiro atoms. The van der Waals surface area contributed by atoms with Crippen LogP contribution in [0.5, 0.6) is 0 Å². The van der Waals surface area contributed by atoms with Crippen LogP contribution in [0.15, 0.2) is 0 Å². The third-order valence-electron chi connectivity index (χ3n) is 2.02. The van der Waals surface area contributed by atoms with Gasteiger partial charge in [0.1, 0.15) is 6.61 Å². The predicted molar refractivity (Wildman–Crippen MR) is 65.3 cm³/mol. The van der Waals surface area contributed by atoms with Gasteiger partial charge in [-0.25, -0.2) is 0 Å². The van der Waals surface area contributed by atoms with Crippen LogP contribution in [0.1, 0.15) is 20.8 Å². The van der Waals surface area contributed by atoms with Crippen molar-refractivity contribution in [3.05, 3.63) is 0 Å². The highest BCUT2D eigenvalue weighted by Crippen LogP contribution is 1.89. The average molecular weight is 245 g/mol. The van der Waals surface area contributed by atoms with E-state index in [4.69, 9.17) is 10.5 Å². The number of nitrogens with two attached hydrogens (primary N) is 1. The number of carbonyl (C=O) groups excluding carboxylic acids is 2. The number of ether oxygens (including phenoxy) is 1. The van der Waals surface area contributed by atoms with Gasteiger partial charge >= 0.3 is 0 Å². The monoisotopic (exact) mass is 245 g/mol. The first-order valence-electron chi connectivity index (χ1n) is 5.80. The molecule has 1 unspecified atom stereocenters. The molecular formula is C11H23N3O3. The molecule has 2 amide bonds. The maximum atomic E-state index is 11.5. The Hall–Kier alpha value is -1.14. The van der Waals surface area contributed by atoms with Crippen molar-refractivity contribution in [1.82, 2.24) is 10.6 Å². The van der Waals surface area contributed by atoms with E-state index in [1.807, 2.05) is 13.8 Å². The number of rotatable bonds is 9. The summed E-state index contributed by atoms with van der Waals surface area (Å²) in [5.74, 6) is -0.0913. The first kappa shape index (κ1) is 15.9. The second-order valence-electron chi connectivity index (χ2n) is 4.33. The number of hydrogen-bond acceptors (Lipinski definition) is 4. The van der Waals surface area contributed by atoms with Gasteiger partial charge in [-0.15, -0.1) is 0 Å². The van der Waals surface area contributed by atoms with Crippen molar-refractivity contribution in [1.29, 1.82) is 0 Å². The minimum atomic E-state index is -0.493. The first-order chi connectivity index (χ1) is 7.93. The highest BCUT2D eigenvalue weighted by atomic mass is 16.5. The average Bonchev–Trinajstić information content (AvgIpc) is 2.24. The standard InChI is InChI=1S/C11H23N3O3/c1-8(2)6-14-11(16)9(3)13-4-5-17-7-10(12)15/h8-9,13H,4-7H2,1-3H3,(H2,12,15)(H,14,16). The summed E-state index contributed by atoms with van der Waals surface area (Å²) < 4.78 is 4.95. The van der Waals surface area contributed by atoms with E-state index in [0.717, 1.165) is 0 Å². The van der Waals surface area contributed by atoms with Gasteiger partial charge in [-0.05, 0) is 12.8 Å². The van der Waals surface area contributed by atoms with Crippen LogP contribution in [0.25, 0.3) is 0 Å². The summed E-state index contributed by atoms with van der Waals surface area (Å²) in [5, 5.41) is 5.82. The molecule has 6 heteroatoms. The molecule has 0 aromatic carbocycles. The third-order valence-corrected chi connectivity index (χ3v) is 2.02. The molecule has 0 aromatic heterocycles. The van der Waals surface area contributed by atoms with Gasteiger partial charge in [0, 0.05) is 13.1 Å². The van der Waals surface area contributed by atoms with Crippen molar-refractivity contribution in [2.45, 2.75) is 26.8 Å². The SMILES string of the molecule is CC(C)CNC(=O)C(C)NCCOCC(N)=O. The van der Waals surface area contributed by atoms with Gasteiger partial charge in [-0.3, -0.25) is 9.59 Å². The second-order valence-corrected chi connectivity index (χ2v) is 4.33. The molecule has 100 valence electrons. The zero-order valence-corrected chi connectivity index (χ0v) is 10.8. The highest BCUT2D eigenvalue weighted by molar-refractivity contribution is 5.81. The summed E-state index contributed by atoms with van der Waals surface area (Å²) in [5.41, 5.74) is 4.90. The van der Waals surface area contributed by atoms with Crippen LogP contribution in [0.4, 0.5) is 0 Å². The zero-order valence-electron chi connectivity index (χ0n) is 10.8. The molecule has 6 nitrogen and oxygen atoms in total. The molecule has 0 fully saturated rings. The largest absolute Gasteiger partial charge is 0.370 e. The molecular weight excluding hydrogens is 222 g/mol. The molecule has 0 aliphatic heterocycles. The van der Waals surface area contributed by atoms with Crippen molar-refractivity contribution in [3.8, 4) is 0 Å². The summed E-state index contributed by atoms with van der Waals surface area (Å²) >= 11 is 0. The van der Waals surface area contributed by atoms with Crippen LogP contribution in [-0.4, -0.2) is 44.2 Å². The van der Waals surface area contributed by atoms with Gasteiger partial charge in [0.05, 0.1) is 12.6 Å². The van der Waals surface area contributed by atoms with Crippen molar-refractivity contribution in [3.63, 3.8) is 0 Å². The van der Waals surface area contributed by atoms with Gasteiger partial charge < -0.3 is 21.1 Å². The second kappa shape index (κ2) is 8.95. The lowest BCUT2D eigenvalue weighted by atomic mass is 10.2. The summed E-state index contributed by atoms with van der Waals surface area (Å²) in [6.45, 7) is 7.29. The third kappa shape index (κ3) is 9.77. The van der Waals surface area contributed by atoms with Gasteiger partial charge in [-0.2, -0.15) is 0 Å². The summed E-state index contributed by atoms with van der Waals surface area (Å²) in [7, 11) is 0. The quantitative estimate of drug-likeness (QED) is 0.465. The van der Waals surface area contributed by atoms with E-state index in [0.29, 0.717) is 25.6 Å². The Morgan fingerprint density at radius 2 is 1.94 bits per heavy atom. The van der Waals surface area contributed by atoms with E-state index in [1.165, 1.54) is 0 Å². The van der Waals surface area contributed by atoms with Crippen molar-refractivity contribution >= 4 is 11.8 Å². The molecule has 0 radical (unpaired) electrons. The van der Waals surface area contributed by atoms with E-state index < -0.39 is 5.91 Å². The lowest BCUT2D eigenvalue weighted by Gasteiger charge is -2.15. The molecule has 0 bridgehead atoms. The minimum absolute atomic E-state index is 0.0337. The molecule has 0 aliphatic carbocycles. The Bertz CT molecular complexity index is 244. The maximum absolute atomic E-state index is 11.5. The van der Waals surface area contributed by atoms with E-state index in [2.05, 4.69) is 10.6 Å². The Balaban J connectivity index is 3.53. The summed E-state index contributed by atoms with van der Waals surface area (Å²) in [6, 6.07) is -0.272. The molecule has 0 saturated carbocycles. The molecule has 0 aromatic rings. The number of primary amides is 1. The van der Waals surface area contributed by atoms with Crippen LogP contribution < -0.4 is 16.4 Å². The van der Waals surface area contributed by atoms with Gasteiger partial charge in [0.2, 0.25) is 11.8 Å². The predicted octanol–water partition coefficient (Wildman–Crippen LogP) is -0.761. The number of nitrogens with one attached hydrogen (secondary N) is 2. The number of hydrogen-bond donors (Lipinski definition) is 3. The fourth-order valence-electron chi connectivity index (χ4n) is 1.07. The van der Waals surface area contributed by atoms with Gasteiger partial charge in [-0.1, -0.05) is 13.8 Å². The molecule has 0 saturated heterocycles. The Morgan fingerprint density at radius 1 is 1.29 bits per heavy atom. The van der Waals surface area contributed by atoms with Crippen LogP contribution in [0.2, 0.25) is 0 Å². The number of amides is 2. The summed E-state index contributed by atoms with van der Waals surface area (Å²) in [4.78, 5) is 21.9. The van der Waals surface area contributed by atoms with Crippen molar-refractivity contribution < 1.29 is 14.3 Å². The van der Waals surface area contributed by atoms with Crippen LogP contribution in [0, 0.1) is 5.92 Å². The van der Waals surface area contributed by atoms with Gasteiger partial charge in [0.25, 0.3) is 0 Å². The molecule has 0 aliphatic rings. The minimum Gasteiger partial charge on any atom is -0.370 e. The maximum Gasteiger partial charge on any atom is 0.243 e. The summed E-state index contributed by atoms with van der Waals surface area (Å²) in [6.07, 6.45) is 0. The topological polar surface area (TPSA) is 93.4 Å². The molecule has 4 N–H and O–H groups in total. The first-order valence-corrected chi connectivity index (χ1v) is 5.80. The fraction of sp³-hybridized carbons (Fsp3) is 0.818. The van der Waals surface area contributed by atoms with E-state index >= 15 is 0 Å². The lowest BCUT2D eigenvalue weighted by molar-refractivity contribution is -0.124. The Labute approximate surface area is 102 Å². The fourth-order valence-corrected chi connectivity index (χ4v) is 1.07. The van der Waals surface area contributed by atoms with Crippen LogP contribution >= 0.6 is 0 Å². The molecule has 0 rings (SSSR count). The highest BCUT2D eigenvalue weighted by Gasteiger charge is 2.11. The molecule has 1 atom stereocenters. The smallest absolute Gasteiger partial charge is 0.243 e.